The normalized spacial score (nSPS) is 12.5. The van der Waals surface area contributed by atoms with Crippen LogP contribution in [0, 0.1) is 5.82 Å². The van der Waals surface area contributed by atoms with Gasteiger partial charge in [0.25, 0.3) is 0 Å². The summed E-state index contributed by atoms with van der Waals surface area (Å²) in [5.74, 6) is -0.915. The Morgan fingerprint density at radius 1 is 1.12 bits per heavy atom. The average Bonchev–Trinajstić information content (AvgIpc) is 2.54. The molecule has 0 aliphatic heterocycles. The zero-order chi connectivity index (χ0) is 17.7. The van der Waals surface area contributed by atoms with Gasteiger partial charge in [0.05, 0.1) is 11.9 Å². The van der Waals surface area contributed by atoms with E-state index in [4.69, 9.17) is 0 Å². The first kappa shape index (κ1) is 17.9. The lowest BCUT2D eigenvalue weighted by molar-refractivity contribution is -0.122. The zero-order valence-electron chi connectivity index (χ0n) is 13.4. The molecule has 5 nitrogen and oxygen atoms in total. The summed E-state index contributed by atoms with van der Waals surface area (Å²) in [7, 11) is -3.71. The monoisotopic (exact) mass is 350 g/mol. The first-order valence-electron chi connectivity index (χ1n) is 7.35. The van der Waals surface area contributed by atoms with Crippen LogP contribution in [0.2, 0.25) is 0 Å². The van der Waals surface area contributed by atoms with Crippen LogP contribution in [-0.4, -0.2) is 26.6 Å². The third kappa shape index (κ3) is 4.55. The molecule has 7 heteroatoms. The first-order valence-corrected chi connectivity index (χ1v) is 9.20. The standard InChI is InChI=1S/C17H19FN2O3S/c1-13(17(21)19-12-14-6-4-3-5-7-14)20(24(2,22)23)16-10-8-15(18)9-11-16/h3-11,13H,12H2,1-2H3,(H,19,21)/t13-/m0/s1. The number of halogens is 1. The SMILES string of the molecule is C[C@@H](C(=O)NCc1ccccc1)N(c1ccc(F)cc1)S(C)(=O)=O. The van der Waals surface area contributed by atoms with Gasteiger partial charge in [0.2, 0.25) is 15.9 Å². The summed E-state index contributed by atoms with van der Waals surface area (Å²) in [5, 5.41) is 2.71. The number of anilines is 1. The maximum absolute atomic E-state index is 13.1. The van der Waals surface area contributed by atoms with Gasteiger partial charge in [-0.1, -0.05) is 30.3 Å². The largest absolute Gasteiger partial charge is 0.350 e. The minimum absolute atomic E-state index is 0.237. The molecule has 0 unspecified atom stereocenters. The van der Waals surface area contributed by atoms with Gasteiger partial charge in [0.15, 0.2) is 0 Å². The second-order valence-corrected chi connectivity index (χ2v) is 7.27. The highest BCUT2D eigenvalue weighted by Crippen LogP contribution is 2.21. The molecule has 1 amide bonds. The van der Waals surface area contributed by atoms with Crippen LogP contribution in [0.3, 0.4) is 0 Å². The third-order valence-electron chi connectivity index (χ3n) is 3.48. The quantitative estimate of drug-likeness (QED) is 0.869. The lowest BCUT2D eigenvalue weighted by Gasteiger charge is -2.28. The molecule has 0 saturated heterocycles. The number of sulfonamides is 1. The number of amides is 1. The minimum Gasteiger partial charge on any atom is -0.350 e. The third-order valence-corrected chi connectivity index (χ3v) is 4.72. The number of benzene rings is 2. The highest BCUT2D eigenvalue weighted by atomic mass is 32.2. The van der Waals surface area contributed by atoms with E-state index in [-0.39, 0.29) is 5.69 Å². The number of nitrogens with one attached hydrogen (secondary N) is 1. The second-order valence-electron chi connectivity index (χ2n) is 5.41. The topological polar surface area (TPSA) is 66.5 Å². The molecular formula is C17H19FN2O3S. The van der Waals surface area contributed by atoms with Gasteiger partial charge >= 0.3 is 0 Å². The van der Waals surface area contributed by atoms with Gasteiger partial charge in [-0.05, 0) is 36.8 Å². The van der Waals surface area contributed by atoms with Crippen molar-refractivity contribution in [2.24, 2.45) is 0 Å². The Bertz CT molecular complexity index is 792. The highest BCUT2D eigenvalue weighted by molar-refractivity contribution is 7.92. The van der Waals surface area contributed by atoms with Crippen LogP contribution in [0.15, 0.2) is 54.6 Å². The average molecular weight is 350 g/mol. The fraction of sp³-hybridized carbons (Fsp3) is 0.235. The van der Waals surface area contributed by atoms with Gasteiger partial charge in [0, 0.05) is 6.54 Å². The van der Waals surface area contributed by atoms with Crippen molar-refractivity contribution in [2.75, 3.05) is 10.6 Å². The number of rotatable bonds is 6. The van der Waals surface area contributed by atoms with E-state index in [9.17, 15) is 17.6 Å². The van der Waals surface area contributed by atoms with Crippen LogP contribution in [-0.2, 0) is 21.4 Å². The van der Waals surface area contributed by atoms with Gasteiger partial charge < -0.3 is 5.32 Å². The molecule has 0 spiro atoms. The lowest BCUT2D eigenvalue weighted by Crippen LogP contribution is -2.47. The van der Waals surface area contributed by atoms with Crippen LogP contribution in [0.5, 0.6) is 0 Å². The van der Waals surface area contributed by atoms with Gasteiger partial charge in [-0.15, -0.1) is 0 Å². The Morgan fingerprint density at radius 3 is 2.25 bits per heavy atom. The molecule has 0 bridgehead atoms. The van der Waals surface area contributed by atoms with Crippen molar-refractivity contribution in [1.82, 2.24) is 5.32 Å². The van der Waals surface area contributed by atoms with Crippen molar-refractivity contribution >= 4 is 21.6 Å². The molecule has 2 aromatic carbocycles. The van der Waals surface area contributed by atoms with Crippen LogP contribution in [0.1, 0.15) is 12.5 Å². The van der Waals surface area contributed by atoms with E-state index in [1.807, 2.05) is 30.3 Å². The Labute approximate surface area is 141 Å². The van der Waals surface area contributed by atoms with Crippen molar-refractivity contribution in [3.63, 3.8) is 0 Å². The van der Waals surface area contributed by atoms with E-state index in [2.05, 4.69) is 5.32 Å². The Morgan fingerprint density at radius 2 is 1.71 bits per heavy atom. The molecule has 0 heterocycles. The Kier molecular flexibility index (Phi) is 5.56. The van der Waals surface area contributed by atoms with Crippen molar-refractivity contribution in [3.05, 3.63) is 66.0 Å². The summed E-state index contributed by atoms with van der Waals surface area (Å²) in [6, 6.07) is 13.3. The molecule has 0 fully saturated rings. The van der Waals surface area contributed by atoms with Crippen LogP contribution in [0.4, 0.5) is 10.1 Å². The number of carbonyl (C=O) groups excluding carboxylic acids is 1. The summed E-state index contributed by atoms with van der Waals surface area (Å²) in [6.45, 7) is 1.79. The summed E-state index contributed by atoms with van der Waals surface area (Å²) < 4.78 is 38.2. The summed E-state index contributed by atoms with van der Waals surface area (Å²) >= 11 is 0. The number of hydrogen-bond donors (Lipinski definition) is 1. The molecular weight excluding hydrogens is 331 g/mol. The smallest absolute Gasteiger partial charge is 0.243 e. The van der Waals surface area contributed by atoms with E-state index in [1.54, 1.807) is 0 Å². The Balaban J connectivity index is 2.17. The van der Waals surface area contributed by atoms with E-state index in [0.29, 0.717) is 6.54 Å². The van der Waals surface area contributed by atoms with E-state index < -0.39 is 27.8 Å². The summed E-state index contributed by atoms with van der Waals surface area (Å²) in [6.07, 6.45) is 1.01. The van der Waals surface area contributed by atoms with Crippen molar-refractivity contribution in [2.45, 2.75) is 19.5 Å². The number of carbonyl (C=O) groups is 1. The van der Waals surface area contributed by atoms with Crippen LogP contribution >= 0.6 is 0 Å². The van der Waals surface area contributed by atoms with Crippen molar-refractivity contribution in [1.29, 1.82) is 0 Å². The molecule has 128 valence electrons. The predicted molar refractivity (Wildman–Crippen MR) is 91.5 cm³/mol. The fourth-order valence-electron chi connectivity index (χ4n) is 2.33. The highest BCUT2D eigenvalue weighted by Gasteiger charge is 2.28. The van der Waals surface area contributed by atoms with E-state index in [1.165, 1.54) is 19.1 Å². The summed E-state index contributed by atoms with van der Waals surface area (Å²) in [4.78, 5) is 12.4. The molecule has 2 rings (SSSR count). The molecule has 0 radical (unpaired) electrons. The molecule has 1 atom stereocenters. The van der Waals surface area contributed by atoms with Crippen molar-refractivity contribution < 1.29 is 17.6 Å². The van der Waals surface area contributed by atoms with Crippen LogP contribution in [0.25, 0.3) is 0 Å². The molecule has 2 aromatic rings. The summed E-state index contributed by atoms with van der Waals surface area (Å²) in [5.41, 5.74) is 1.15. The maximum atomic E-state index is 13.1. The van der Waals surface area contributed by atoms with Gasteiger partial charge in [-0.2, -0.15) is 0 Å². The molecule has 0 aliphatic carbocycles. The maximum Gasteiger partial charge on any atom is 0.243 e. The van der Waals surface area contributed by atoms with Gasteiger partial charge in [-0.3, -0.25) is 9.10 Å². The fourth-order valence-corrected chi connectivity index (χ4v) is 3.50. The van der Waals surface area contributed by atoms with Gasteiger partial charge in [0.1, 0.15) is 11.9 Å². The van der Waals surface area contributed by atoms with Crippen molar-refractivity contribution in [3.8, 4) is 0 Å². The second kappa shape index (κ2) is 7.44. The van der Waals surface area contributed by atoms with E-state index >= 15 is 0 Å². The van der Waals surface area contributed by atoms with Gasteiger partial charge in [-0.25, -0.2) is 12.8 Å². The molecule has 0 aliphatic rings. The number of hydrogen-bond acceptors (Lipinski definition) is 3. The Hall–Kier alpha value is -2.41. The number of nitrogens with zero attached hydrogens (tertiary/aromatic N) is 1. The molecule has 1 N–H and O–H groups in total. The van der Waals surface area contributed by atoms with Crippen LogP contribution < -0.4 is 9.62 Å². The predicted octanol–water partition coefficient (Wildman–Crippen LogP) is 2.30. The lowest BCUT2D eigenvalue weighted by atomic mass is 10.2. The first-order chi connectivity index (χ1) is 11.3. The molecule has 0 aromatic heterocycles. The molecule has 0 saturated carbocycles. The molecule has 24 heavy (non-hydrogen) atoms. The minimum atomic E-state index is -3.71. The zero-order valence-corrected chi connectivity index (χ0v) is 14.3. The van der Waals surface area contributed by atoms with E-state index in [0.717, 1.165) is 28.3 Å².